The average Bonchev–Trinajstić information content (AvgIpc) is 3.06. The molecule has 43 heavy (non-hydrogen) atoms. The van der Waals surface area contributed by atoms with Crippen LogP contribution in [0.15, 0.2) is 121 Å². The highest BCUT2D eigenvalue weighted by Crippen LogP contribution is 2.56. The molecule has 0 aliphatic carbocycles. The number of benzene rings is 6. The van der Waals surface area contributed by atoms with Crippen molar-refractivity contribution in [1.82, 2.24) is 0 Å². The Hall–Kier alpha value is -5.93. The van der Waals surface area contributed by atoms with E-state index in [2.05, 4.69) is 94.7 Å². The summed E-state index contributed by atoms with van der Waals surface area (Å²) in [5, 5.41) is 9.72. The summed E-state index contributed by atoms with van der Waals surface area (Å²) in [6.07, 6.45) is 0. The van der Waals surface area contributed by atoms with Gasteiger partial charge in [-0.25, -0.2) is 0 Å². The molecule has 0 atom stereocenters. The zero-order valence-electron chi connectivity index (χ0n) is 22.8. The molecule has 6 aromatic rings. The Morgan fingerprint density at radius 3 is 1.63 bits per heavy atom. The highest BCUT2D eigenvalue weighted by Gasteiger charge is 2.47. The van der Waals surface area contributed by atoms with Crippen molar-refractivity contribution in [1.29, 1.82) is 5.26 Å². The number of anilines is 6. The minimum Gasteiger partial charge on any atom is -0.453 e. The molecule has 4 aliphatic heterocycles. The Labute approximate surface area is 248 Å². The number of nitriles is 1. The van der Waals surface area contributed by atoms with Crippen molar-refractivity contribution in [3.8, 4) is 40.2 Å². The Morgan fingerprint density at radius 1 is 0.512 bits per heavy atom. The number of nitrogens with zero attached hydrogens (tertiary/aromatic N) is 3. The normalized spacial score (nSPS) is 13.8. The molecule has 0 bridgehead atoms. The van der Waals surface area contributed by atoms with Gasteiger partial charge in [0, 0.05) is 11.4 Å². The van der Waals surface area contributed by atoms with E-state index in [1.165, 1.54) is 16.4 Å². The lowest BCUT2D eigenvalue weighted by atomic mass is 9.33. The summed E-state index contributed by atoms with van der Waals surface area (Å²) in [5.74, 6) is 3.33. The second kappa shape index (κ2) is 8.09. The Kier molecular flexibility index (Phi) is 4.28. The first-order chi connectivity index (χ1) is 21.3. The van der Waals surface area contributed by atoms with Crippen molar-refractivity contribution in [2.45, 2.75) is 0 Å². The van der Waals surface area contributed by atoms with E-state index in [1.807, 2.05) is 42.5 Å². The van der Waals surface area contributed by atoms with Crippen LogP contribution in [0.5, 0.6) is 23.0 Å². The Balaban J connectivity index is 1.37. The minimum atomic E-state index is -0.0235. The lowest BCUT2D eigenvalue weighted by molar-refractivity contribution is 0.477. The van der Waals surface area contributed by atoms with Crippen LogP contribution in [0.1, 0.15) is 5.56 Å². The molecule has 0 saturated heterocycles. The van der Waals surface area contributed by atoms with Crippen LogP contribution in [0.2, 0.25) is 0 Å². The number of hydrogen-bond acceptors (Lipinski definition) is 5. The Bertz CT molecular complexity index is 2130. The summed E-state index contributed by atoms with van der Waals surface area (Å²) in [4.78, 5) is 4.75. The molecule has 6 heteroatoms. The van der Waals surface area contributed by atoms with Gasteiger partial charge in [0.15, 0.2) is 23.0 Å². The van der Waals surface area contributed by atoms with Crippen LogP contribution in [-0.2, 0) is 0 Å². The van der Waals surface area contributed by atoms with Crippen molar-refractivity contribution in [2.75, 3.05) is 9.80 Å². The second-order valence-electron chi connectivity index (χ2n) is 11.3. The van der Waals surface area contributed by atoms with E-state index in [9.17, 15) is 5.26 Å². The van der Waals surface area contributed by atoms with Crippen molar-refractivity contribution >= 4 is 57.2 Å². The lowest BCUT2D eigenvalue weighted by Crippen LogP contribution is -2.61. The standard InChI is InChI=1S/C37H20BN3O2/c39-21-22-8-5-9-23(18-22)24-19-29-35-30(20-24)41-28-13-2-4-15-32(28)43-34-17-7-11-26(37(34)41)38(35)25-10-6-16-33-36(25)40(29)27-12-1-3-14-31(27)42-33/h1-20H. The zero-order valence-corrected chi connectivity index (χ0v) is 22.8. The quantitative estimate of drug-likeness (QED) is 0.198. The maximum atomic E-state index is 9.72. The van der Waals surface area contributed by atoms with Crippen LogP contribution in [0.4, 0.5) is 34.1 Å². The second-order valence-corrected chi connectivity index (χ2v) is 11.3. The van der Waals surface area contributed by atoms with Gasteiger partial charge in [0.05, 0.1) is 34.4 Å². The highest BCUT2D eigenvalue weighted by molar-refractivity contribution is 7.00. The summed E-state index contributed by atoms with van der Waals surface area (Å²) in [6, 6.07) is 44.0. The summed E-state index contributed by atoms with van der Waals surface area (Å²) < 4.78 is 13.0. The SMILES string of the molecule is N#Cc1cccc(-c2cc3c4c(c2)N2c5ccccc5Oc5cccc(c52)B4c2cccc4c2N3c2ccccc2O4)c1. The van der Waals surface area contributed by atoms with Crippen molar-refractivity contribution in [3.05, 3.63) is 127 Å². The molecule has 0 amide bonds. The number of rotatable bonds is 1. The van der Waals surface area contributed by atoms with Crippen molar-refractivity contribution < 1.29 is 9.47 Å². The number of ether oxygens (including phenoxy) is 2. The first-order valence-corrected chi connectivity index (χ1v) is 14.4. The van der Waals surface area contributed by atoms with Gasteiger partial charge in [0.25, 0.3) is 6.71 Å². The first kappa shape index (κ1) is 22.7. The van der Waals surface area contributed by atoms with Crippen LogP contribution in [0.3, 0.4) is 0 Å². The van der Waals surface area contributed by atoms with Gasteiger partial charge < -0.3 is 19.3 Å². The van der Waals surface area contributed by atoms with Crippen LogP contribution < -0.4 is 35.7 Å². The van der Waals surface area contributed by atoms with E-state index < -0.39 is 0 Å². The Morgan fingerprint density at radius 2 is 1.05 bits per heavy atom. The molecule has 4 aliphatic rings. The molecule has 0 spiro atoms. The third-order valence-electron chi connectivity index (χ3n) is 9.01. The van der Waals surface area contributed by atoms with Gasteiger partial charge in [-0.3, -0.25) is 0 Å². The number of fused-ring (bicyclic) bond motifs is 8. The lowest BCUT2D eigenvalue weighted by Gasteiger charge is -2.47. The third-order valence-corrected chi connectivity index (χ3v) is 9.01. The van der Waals surface area contributed by atoms with Gasteiger partial charge in [-0.1, -0.05) is 60.7 Å². The van der Waals surface area contributed by atoms with Gasteiger partial charge in [0.2, 0.25) is 0 Å². The van der Waals surface area contributed by atoms with Crippen LogP contribution in [-0.4, -0.2) is 6.71 Å². The summed E-state index contributed by atoms with van der Waals surface area (Å²) in [6.45, 7) is -0.0235. The van der Waals surface area contributed by atoms with E-state index >= 15 is 0 Å². The molecule has 0 aromatic heterocycles. The van der Waals surface area contributed by atoms with Gasteiger partial charge in [-0.15, -0.1) is 0 Å². The fourth-order valence-electron chi connectivity index (χ4n) is 7.32. The van der Waals surface area contributed by atoms with Gasteiger partial charge in [-0.05, 0) is 88.2 Å². The van der Waals surface area contributed by atoms with E-state index in [0.717, 1.165) is 68.2 Å². The molecular formula is C37H20BN3O2. The molecule has 0 fully saturated rings. The first-order valence-electron chi connectivity index (χ1n) is 14.4. The van der Waals surface area contributed by atoms with Gasteiger partial charge in [-0.2, -0.15) is 5.26 Å². The largest absolute Gasteiger partial charge is 0.453 e. The third kappa shape index (κ3) is 2.91. The van der Waals surface area contributed by atoms with E-state index in [0.29, 0.717) is 5.56 Å². The van der Waals surface area contributed by atoms with Crippen molar-refractivity contribution in [3.63, 3.8) is 0 Å². The van der Waals surface area contributed by atoms with Gasteiger partial charge in [0.1, 0.15) is 0 Å². The molecular weight excluding hydrogens is 529 g/mol. The molecule has 0 N–H and O–H groups in total. The number of para-hydroxylation sites is 6. The predicted octanol–water partition coefficient (Wildman–Crippen LogP) is 7.52. The molecule has 198 valence electrons. The van der Waals surface area contributed by atoms with Crippen LogP contribution >= 0.6 is 0 Å². The van der Waals surface area contributed by atoms with Gasteiger partial charge >= 0.3 is 0 Å². The van der Waals surface area contributed by atoms with Crippen molar-refractivity contribution in [2.24, 2.45) is 0 Å². The van der Waals surface area contributed by atoms with Crippen LogP contribution in [0.25, 0.3) is 11.1 Å². The maximum absolute atomic E-state index is 9.72. The summed E-state index contributed by atoms with van der Waals surface area (Å²) in [7, 11) is 0. The topological polar surface area (TPSA) is 48.7 Å². The predicted molar refractivity (Wildman–Crippen MR) is 171 cm³/mol. The maximum Gasteiger partial charge on any atom is 0.252 e. The summed E-state index contributed by atoms with van der Waals surface area (Å²) >= 11 is 0. The smallest absolute Gasteiger partial charge is 0.252 e. The van der Waals surface area contributed by atoms with E-state index in [4.69, 9.17) is 9.47 Å². The molecule has 10 rings (SSSR count). The van der Waals surface area contributed by atoms with E-state index in [1.54, 1.807) is 0 Å². The molecule has 4 heterocycles. The average molecular weight is 549 g/mol. The highest BCUT2D eigenvalue weighted by atomic mass is 16.5. The molecule has 0 unspecified atom stereocenters. The monoisotopic (exact) mass is 549 g/mol. The number of hydrogen-bond donors (Lipinski definition) is 0. The molecule has 5 nitrogen and oxygen atoms in total. The molecule has 0 saturated carbocycles. The van der Waals surface area contributed by atoms with Crippen LogP contribution in [0, 0.1) is 11.3 Å². The summed E-state index contributed by atoms with van der Waals surface area (Å²) in [5.41, 5.74) is 12.7. The molecule has 0 radical (unpaired) electrons. The fraction of sp³-hybridized carbons (Fsp3) is 0. The molecule has 6 aromatic carbocycles. The zero-order chi connectivity index (χ0) is 28.2. The minimum absolute atomic E-state index is 0.0235. The van der Waals surface area contributed by atoms with E-state index in [-0.39, 0.29) is 6.71 Å². The fourth-order valence-corrected chi connectivity index (χ4v) is 7.32.